The monoisotopic (exact) mass is 350 g/mol. The minimum Gasteiger partial charge on any atom is -0.350 e. The summed E-state index contributed by atoms with van der Waals surface area (Å²) in [5.41, 5.74) is 1.40. The largest absolute Gasteiger partial charge is 0.350 e. The first-order chi connectivity index (χ1) is 11.2. The Hall–Kier alpha value is -2.52. The van der Waals surface area contributed by atoms with Crippen LogP contribution in [0.4, 0.5) is 0 Å². The molecule has 0 aliphatic rings. The first kappa shape index (κ1) is 17.8. The van der Waals surface area contributed by atoms with Crippen LogP contribution in [0.5, 0.6) is 0 Å². The number of nitrogens with zero attached hydrogens (tertiary/aromatic N) is 2. The standard InChI is InChI=1S/C15H18N4O4S/c1-10-11(2)18-9-19(15(10)21)8-7-17-14(20)12-3-5-13(6-4-12)24(16,22)23/h3-6,9H,7-8H2,1-2H3,(H,17,20)(H2,16,22,23). The van der Waals surface area contributed by atoms with E-state index in [1.54, 1.807) is 13.8 Å². The predicted octanol–water partition coefficient (Wildman–Crippen LogP) is -0.0625. The van der Waals surface area contributed by atoms with Gasteiger partial charge in [0, 0.05) is 29.9 Å². The Balaban J connectivity index is 1.99. The van der Waals surface area contributed by atoms with Crippen molar-refractivity contribution in [1.82, 2.24) is 14.9 Å². The molecule has 0 fully saturated rings. The molecule has 1 heterocycles. The van der Waals surface area contributed by atoms with Gasteiger partial charge in [-0.2, -0.15) is 0 Å². The highest BCUT2D eigenvalue weighted by Crippen LogP contribution is 2.08. The minimum absolute atomic E-state index is 0.0631. The highest BCUT2D eigenvalue weighted by Gasteiger charge is 2.10. The average Bonchev–Trinajstić information content (AvgIpc) is 2.54. The zero-order valence-corrected chi connectivity index (χ0v) is 14.1. The second kappa shape index (κ2) is 6.93. The number of amides is 1. The fourth-order valence-electron chi connectivity index (χ4n) is 2.02. The van der Waals surface area contributed by atoms with Crippen LogP contribution in [-0.2, 0) is 16.6 Å². The molecule has 2 aromatic rings. The summed E-state index contributed by atoms with van der Waals surface area (Å²) in [5, 5.41) is 7.66. The van der Waals surface area contributed by atoms with E-state index in [0.717, 1.165) is 0 Å². The molecular formula is C15H18N4O4S. The normalized spacial score (nSPS) is 11.3. The van der Waals surface area contributed by atoms with E-state index in [0.29, 0.717) is 16.8 Å². The van der Waals surface area contributed by atoms with Crippen molar-refractivity contribution >= 4 is 15.9 Å². The molecule has 1 aromatic heterocycles. The van der Waals surface area contributed by atoms with Crippen molar-refractivity contribution in [2.24, 2.45) is 5.14 Å². The molecule has 8 nitrogen and oxygen atoms in total. The van der Waals surface area contributed by atoms with Gasteiger partial charge in [-0.1, -0.05) is 0 Å². The van der Waals surface area contributed by atoms with Gasteiger partial charge in [0.05, 0.1) is 11.2 Å². The molecule has 0 bridgehead atoms. The van der Waals surface area contributed by atoms with Gasteiger partial charge in [-0.25, -0.2) is 18.5 Å². The second-order valence-corrected chi connectivity index (χ2v) is 6.84. The van der Waals surface area contributed by atoms with Gasteiger partial charge in [0.1, 0.15) is 0 Å². The molecular weight excluding hydrogens is 332 g/mol. The quantitative estimate of drug-likeness (QED) is 0.781. The Morgan fingerprint density at radius 1 is 1.25 bits per heavy atom. The average molecular weight is 350 g/mol. The number of rotatable bonds is 5. The maximum Gasteiger partial charge on any atom is 0.256 e. The van der Waals surface area contributed by atoms with Gasteiger partial charge in [-0.3, -0.25) is 14.2 Å². The van der Waals surface area contributed by atoms with Crippen molar-refractivity contribution in [3.8, 4) is 0 Å². The molecule has 128 valence electrons. The summed E-state index contributed by atoms with van der Waals surface area (Å²) in [6, 6.07) is 5.28. The van der Waals surface area contributed by atoms with Gasteiger partial charge in [-0.15, -0.1) is 0 Å². The summed E-state index contributed by atoms with van der Waals surface area (Å²) in [7, 11) is -3.79. The number of carbonyl (C=O) groups excluding carboxylic acids is 1. The van der Waals surface area contributed by atoms with Crippen molar-refractivity contribution in [1.29, 1.82) is 0 Å². The van der Waals surface area contributed by atoms with E-state index in [9.17, 15) is 18.0 Å². The van der Waals surface area contributed by atoms with E-state index in [2.05, 4.69) is 10.3 Å². The minimum atomic E-state index is -3.79. The molecule has 2 rings (SSSR count). The van der Waals surface area contributed by atoms with Crippen LogP contribution in [0, 0.1) is 13.8 Å². The van der Waals surface area contributed by atoms with Crippen LogP contribution in [-0.4, -0.2) is 30.4 Å². The molecule has 0 radical (unpaired) electrons. The Morgan fingerprint density at radius 2 is 1.88 bits per heavy atom. The van der Waals surface area contributed by atoms with E-state index in [1.165, 1.54) is 35.2 Å². The molecule has 9 heteroatoms. The third-order valence-corrected chi connectivity index (χ3v) is 4.53. The van der Waals surface area contributed by atoms with Crippen LogP contribution in [0.25, 0.3) is 0 Å². The topological polar surface area (TPSA) is 124 Å². The van der Waals surface area contributed by atoms with Crippen molar-refractivity contribution < 1.29 is 13.2 Å². The summed E-state index contributed by atoms with van der Waals surface area (Å²) in [6.45, 7) is 3.98. The lowest BCUT2D eigenvalue weighted by atomic mass is 10.2. The Morgan fingerprint density at radius 3 is 2.46 bits per heavy atom. The number of aryl methyl sites for hydroxylation is 1. The third-order valence-electron chi connectivity index (χ3n) is 3.60. The Bertz CT molecular complexity index is 917. The fraction of sp³-hybridized carbons (Fsp3) is 0.267. The maximum absolute atomic E-state index is 12.0. The molecule has 1 aromatic carbocycles. The molecule has 0 saturated heterocycles. The highest BCUT2D eigenvalue weighted by molar-refractivity contribution is 7.89. The van der Waals surface area contributed by atoms with Crippen molar-refractivity contribution in [3.05, 3.63) is 57.8 Å². The second-order valence-electron chi connectivity index (χ2n) is 5.28. The number of sulfonamides is 1. The lowest BCUT2D eigenvalue weighted by Gasteiger charge is -2.09. The first-order valence-corrected chi connectivity index (χ1v) is 8.68. The summed E-state index contributed by atoms with van der Waals surface area (Å²) in [5.74, 6) is -0.374. The molecule has 0 aliphatic heterocycles. The third kappa shape index (κ3) is 4.06. The lowest BCUT2D eigenvalue weighted by molar-refractivity contribution is 0.0952. The van der Waals surface area contributed by atoms with Crippen LogP contribution in [0.3, 0.4) is 0 Å². The van der Waals surface area contributed by atoms with E-state index in [-0.39, 0.29) is 29.5 Å². The van der Waals surface area contributed by atoms with Gasteiger partial charge in [0.15, 0.2) is 0 Å². The maximum atomic E-state index is 12.0. The summed E-state index contributed by atoms with van der Waals surface area (Å²) >= 11 is 0. The number of hydrogen-bond acceptors (Lipinski definition) is 5. The number of primary sulfonamides is 1. The van der Waals surface area contributed by atoms with E-state index in [4.69, 9.17) is 5.14 Å². The van der Waals surface area contributed by atoms with Gasteiger partial charge < -0.3 is 5.32 Å². The molecule has 0 aliphatic carbocycles. The van der Waals surface area contributed by atoms with Crippen molar-refractivity contribution in [3.63, 3.8) is 0 Å². The van der Waals surface area contributed by atoms with Gasteiger partial charge in [0.25, 0.3) is 11.5 Å². The molecule has 0 spiro atoms. The molecule has 0 saturated carbocycles. The number of nitrogens with two attached hydrogens (primary N) is 1. The van der Waals surface area contributed by atoms with Gasteiger partial charge >= 0.3 is 0 Å². The number of nitrogens with one attached hydrogen (secondary N) is 1. The summed E-state index contributed by atoms with van der Waals surface area (Å²) in [6.07, 6.45) is 1.44. The van der Waals surface area contributed by atoms with Gasteiger partial charge in [-0.05, 0) is 38.1 Å². The number of aromatic nitrogens is 2. The van der Waals surface area contributed by atoms with Crippen LogP contribution < -0.4 is 16.0 Å². The molecule has 24 heavy (non-hydrogen) atoms. The first-order valence-electron chi connectivity index (χ1n) is 7.14. The smallest absolute Gasteiger partial charge is 0.256 e. The number of carbonyl (C=O) groups is 1. The number of benzene rings is 1. The van der Waals surface area contributed by atoms with Gasteiger partial charge in [0.2, 0.25) is 10.0 Å². The van der Waals surface area contributed by atoms with Crippen LogP contribution in [0.15, 0.2) is 40.3 Å². The SMILES string of the molecule is Cc1ncn(CCNC(=O)c2ccc(S(N)(=O)=O)cc2)c(=O)c1C. The predicted molar refractivity (Wildman–Crippen MR) is 88.1 cm³/mol. The Labute approximate surface area is 139 Å². The lowest BCUT2D eigenvalue weighted by Crippen LogP contribution is -2.32. The fourth-order valence-corrected chi connectivity index (χ4v) is 2.54. The summed E-state index contributed by atoms with van der Waals surface area (Å²) in [4.78, 5) is 28.1. The van der Waals surface area contributed by atoms with E-state index < -0.39 is 10.0 Å². The number of hydrogen-bond donors (Lipinski definition) is 2. The Kier molecular flexibility index (Phi) is 5.15. The van der Waals surface area contributed by atoms with Crippen LogP contribution in [0.1, 0.15) is 21.6 Å². The van der Waals surface area contributed by atoms with Crippen LogP contribution >= 0.6 is 0 Å². The van der Waals surface area contributed by atoms with Crippen LogP contribution in [0.2, 0.25) is 0 Å². The zero-order valence-electron chi connectivity index (χ0n) is 13.3. The highest BCUT2D eigenvalue weighted by atomic mass is 32.2. The zero-order chi connectivity index (χ0) is 17.9. The van der Waals surface area contributed by atoms with Crippen molar-refractivity contribution in [2.45, 2.75) is 25.3 Å². The molecule has 0 unspecified atom stereocenters. The molecule has 3 N–H and O–H groups in total. The van der Waals surface area contributed by atoms with E-state index in [1.807, 2.05) is 0 Å². The van der Waals surface area contributed by atoms with E-state index >= 15 is 0 Å². The molecule has 0 atom stereocenters. The molecule has 1 amide bonds. The van der Waals surface area contributed by atoms with Crippen molar-refractivity contribution in [2.75, 3.05) is 6.54 Å². The summed E-state index contributed by atoms with van der Waals surface area (Å²) < 4.78 is 23.8.